The third kappa shape index (κ3) is 3.73. The van der Waals surface area contributed by atoms with Crippen LogP contribution in [-0.4, -0.2) is 56.6 Å². The molecular formula is C16H27NO2Se. The summed E-state index contributed by atoms with van der Waals surface area (Å²) in [5, 5.41) is 0. The van der Waals surface area contributed by atoms with E-state index in [1.54, 1.807) is 0 Å². The molecule has 0 saturated carbocycles. The standard InChI is InChI=1S/C16H27NO2Se/c1-5-8-13(15(20)17-9-6-7-10-17)12(2)14-11-18-16(3,4)19-14/h5,12-14H,1,6-11H2,2-4H3/t12-,13?,14-/m1/s1. The topological polar surface area (TPSA) is 21.7 Å². The first-order valence-electron chi connectivity index (χ1n) is 7.66. The van der Waals surface area contributed by atoms with E-state index in [1.807, 2.05) is 19.9 Å². The molecule has 0 aromatic heterocycles. The van der Waals surface area contributed by atoms with Gasteiger partial charge < -0.3 is 0 Å². The van der Waals surface area contributed by atoms with Crippen molar-refractivity contribution in [2.45, 2.75) is 51.9 Å². The van der Waals surface area contributed by atoms with Gasteiger partial charge in [0.25, 0.3) is 0 Å². The normalized spacial score (nSPS) is 28.4. The quantitative estimate of drug-likeness (QED) is 0.545. The van der Waals surface area contributed by atoms with Crippen molar-refractivity contribution < 1.29 is 9.47 Å². The van der Waals surface area contributed by atoms with E-state index < -0.39 is 5.79 Å². The molecule has 2 aliphatic rings. The third-order valence-corrected chi connectivity index (χ3v) is 5.58. The number of rotatable bonds is 6. The number of hydrogen-bond donors (Lipinski definition) is 0. The van der Waals surface area contributed by atoms with E-state index in [0.717, 1.165) is 6.42 Å². The molecule has 114 valence electrons. The van der Waals surface area contributed by atoms with Gasteiger partial charge in [0.15, 0.2) is 0 Å². The fourth-order valence-corrected chi connectivity index (χ4v) is 4.16. The molecule has 1 unspecified atom stereocenters. The predicted octanol–water partition coefficient (Wildman–Crippen LogP) is 2.36. The molecule has 0 radical (unpaired) electrons. The van der Waals surface area contributed by atoms with Gasteiger partial charge in [0.2, 0.25) is 0 Å². The van der Waals surface area contributed by atoms with Gasteiger partial charge in [-0.3, -0.25) is 0 Å². The monoisotopic (exact) mass is 345 g/mol. The summed E-state index contributed by atoms with van der Waals surface area (Å²) in [6, 6.07) is 0. The fraction of sp³-hybridized carbons (Fsp3) is 0.812. The first-order chi connectivity index (χ1) is 9.44. The van der Waals surface area contributed by atoms with Gasteiger partial charge in [-0.15, -0.1) is 0 Å². The number of allylic oxidation sites excluding steroid dienone is 1. The Morgan fingerprint density at radius 1 is 1.45 bits per heavy atom. The van der Waals surface area contributed by atoms with Crippen LogP contribution >= 0.6 is 0 Å². The van der Waals surface area contributed by atoms with Crippen LogP contribution in [0.1, 0.15) is 40.0 Å². The molecule has 2 heterocycles. The van der Waals surface area contributed by atoms with E-state index in [0.29, 0.717) is 18.4 Å². The molecule has 0 aromatic rings. The molecule has 0 N–H and O–H groups in total. The Balaban J connectivity index is 2.03. The van der Waals surface area contributed by atoms with Crippen molar-refractivity contribution in [3.63, 3.8) is 0 Å². The zero-order valence-corrected chi connectivity index (χ0v) is 14.6. The van der Waals surface area contributed by atoms with Crippen LogP contribution in [0.15, 0.2) is 12.7 Å². The van der Waals surface area contributed by atoms with E-state index in [1.165, 1.54) is 30.5 Å². The van der Waals surface area contributed by atoms with Crippen LogP contribution in [0.3, 0.4) is 0 Å². The van der Waals surface area contributed by atoms with Gasteiger partial charge in [0.1, 0.15) is 0 Å². The molecule has 2 saturated heterocycles. The first-order valence-corrected chi connectivity index (χ1v) is 8.52. The third-order valence-electron chi connectivity index (χ3n) is 4.41. The predicted molar refractivity (Wildman–Crippen MR) is 83.9 cm³/mol. The van der Waals surface area contributed by atoms with Gasteiger partial charge in [-0.1, -0.05) is 0 Å². The van der Waals surface area contributed by atoms with E-state index in [9.17, 15) is 0 Å². The molecular weight excluding hydrogens is 317 g/mol. The number of hydrogen-bond acceptors (Lipinski definition) is 3. The Kier molecular flexibility index (Phi) is 5.47. The maximum absolute atomic E-state index is 6.05. The number of likely N-dealkylation sites (tertiary alicyclic amines) is 1. The zero-order chi connectivity index (χ0) is 14.8. The Morgan fingerprint density at radius 3 is 2.60 bits per heavy atom. The molecule has 0 spiro atoms. The molecule has 2 fully saturated rings. The van der Waals surface area contributed by atoms with Crippen molar-refractivity contribution >= 4 is 20.1 Å². The van der Waals surface area contributed by atoms with Crippen molar-refractivity contribution in [3.8, 4) is 0 Å². The summed E-state index contributed by atoms with van der Waals surface area (Å²) >= 11 is 3.33. The summed E-state index contributed by atoms with van der Waals surface area (Å²) in [7, 11) is 0. The second-order valence-corrected chi connectivity index (χ2v) is 7.27. The molecule has 0 aromatic carbocycles. The average Bonchev–Trinajstić information content (AvgIpc) is 3.03. The molecule has 3 nitrogen and oxygen atoms in total. The van der Waals surface area contributed by atoms with Gasteiger partial charge in [-0.25, -0.2) is 0 Å². The van der Waals surface area contributed by atoms with Gasteiger partial charge in [0, 0.05) is 0 Å². The zero-order valence-electron chi connectivity index (χ0n) is 12.9. The van der Waals surface area contributed by atoms with Crippen molar-refractivity contribution in [2.24, 2.45) is 11.8 Å². The SMILES string of the molecule is C=CCC(C(=[Se])N1CCCC1)[C@@H](C)[C@H]1COC(C)(C)O1. The Bertz CT molecular complexity index is 363. The minimum absolute atomic E-state index is 0.168. The Hall–Kier alpha value is -0.151. The van der Waals surface area contributed by atoms with Crippen LogP contribution in [0.4, 0.5) is 0 Å². The van der Waals surface area contributed by atoms with E-state index in [-0.39, 0.29) is 6.10 Å². The van der Waals surface area contributed by atoms with Crippen LogP contribution < -0.4 is 0 Å². The summed E-state index contributed by atoms with van der Waals surface area (Å²) in [6.07, 6.45) is 5.78. The van der Waals surface area contributed by atoms with Crippen LogP contribution in [0, 0.1) is 11.8 Å². The van der Waals surface area contributed by atoms with Crippen molar-refractivity contribution in [1.29, 1.82) is 0 Å². The van der Waals surface area contributed by atoms with Crippen LogP contribution in [-0.2, 0) is 9.47 Å². The van der Waals surface area contributed by atoms with E-state index in [4.69, 9.17) is 9.47 Å². The van der Waals surface area contributed by atoms with Crippen molar-refractivity contribution in [2.75, 3.05) is 19.7 Å². The minimum atomic E-state index is -0.442. The van der Waals surface area contributed by atoms with Crippen molar-refractivity contribution in [1.82, 2.24) is 4.90 Å². The van der Waals surface area contributed by atoms with Gasteiger partial charge in [0.05, 0.1) is 0 Å². The summed E-state index contributed by atoms with van der Waals surface area (Å²) in [6.45, 7) is 13.2. The summed E-state index contributed by atoms with van der Waals surface area (Å²) in [5.74, 6) is 0.433. The van der Waals surface area contributed by atoms with Gasteiger partial charge in [-0.05, 0) is 0 Å². The van der Waals surface area contributed by atoms with Crippen LogP contribution in [0.2, 0.25) is 0 Å². The Morgan fingerprint density at radius 2 is 2.10 bits per heavy atom. The maximum atomic E-state index is 6.05. The molecule has 0 aliphatic carbocycles. The summed E-state index contributed by atoms with van der Waals surface area (Å²) < 4.78 is 13.2. The second-order valence-electron chi connectivity index (χ2n) is 6.39. The summed E-state index contributed by atoms with van der Waals surface area (Å²) in [4.78, 5) is 2.49. The molecule has 0 bridgehead atoms. The van der Waals surface area contributed by atoms with Crippen LogP contribution in [0.5, 0.6) is 0 Å². The Labute approximate surface area is 131 Å². The molecule has 2 rings (SSSR count). The molecule has 0 amide bonds. The van der Waals surface area contributed by atoms with E-state index in [2.05, 4.69) is 34.0 Å². The van der Waals surface area contributed by atoms with Crippen LogP contribution in [0.25, 0.3) is 0 Å². The molecule has 3 atom stereocenters. The first kappa shape index (κ1) is 16.2. The molecule has 20 heavy (non-hydrogen) atoms. The van der Waals surface area contributed by atoms with Gasteiger partial charge >= 0.3 is 131 Å². The number of ether oxygens (including phenoxy) is 2. The fourth-order valence-electron chi connectivity index (χ4n) is 3.13. The van der Waals surface area contributed by atoms with Gasteiger partial charge in [-0.2, -0.15) is 0 Å². The molecule has 2 aliphatic heterocycles. The summed E-state index contributed by atoms with van der Waals surface area (Å²) in [5.41, 5.74) is 0. The molecule has 4 heteroatoms. The second kappa shape index (κ2) is 6.74. The van der Waals surface area contributed by atoms with E-state index >= 15 is 0 Å². The van der Waals surface area contributed by atoms with Crippen molar-refractivity contribution in [3.05, 3.63) is 12.7 Å². The average molecular weight is 344 g/mol. The number of nitrogens with zero attached hydrogens (tertiary/aromatic N) is 1.